The Morgan fingerprint density at radius 1 is 0.938 bits per heavy atom. The molecule has 1 heterocycles. The molecule has 2 heteroatoms. The zero-order chi connectivity index (χ0) is 10.8. The van der Waals surface area contributed by atoms with Crippen molar-refractivity contribution in [1.29, 1.82) is 0 Å². The molecule has 1 saturated heterocycles. The minimum atomic E-state index is 0.258. The third-order valence-electron chi connectivity index (χ3n) is 3.32. The highest BCUT2D eigenvalue weighted by atomic mass is 16.6. The first-order valence-electron chi connectivity index (χ1n) is 5.91. The van der Waals surface area contributed by atoms with Crippen molar-refractivity contribution in [2.45, 2.75) is 25.0 Å². The molecule has 0 bridgehead atoms. The molecule has 1 fully saturated rings. The second kappa shape index (κ2) is 4.40. The van der Waals surface area contributed by atoms with Gasteiger partial charge in [-0.2, -0.15) is 0 Å². The lowest BCUT2D eigenvalue weighted by atomic mass is 9.89. The Morgan fingerprint density at radius 3 is 2.50 bits per heavy atom. The third kappa shape index (κ3) is 1.91. The number of benzene rings is 1. The standard InChI is InChI=1S/C14H16O2/c1-2-4-11(5-3-1)12-6-7-13-14(10-12)16-9-8-15-13/h1-6,13-14H,7-10H2. The fourth-order valence-electron chi connectivity index (χ4n) is 2.47. The Bertz CT molecular complexity index is 383. The van der Waals surface area contributed by atoms with Gasteiger partial charge in [0.1, 0.15) is 0 Å². The highest BCUT2D eigenvalue weighted by Gasteiger charge is 2.30. The number of fused-ring (bicyclic) bond motifs is 1. The number of rotatable bonds is 1. The average Bonchev–Trinajstić information content (AvgIpc) is 2.39. The summed E-state index contributed by atoms with van der Waals surface area (Å²) in [5.74, 6) is 0. The summed E-state index contributed by atoms with van der Waals surface area (Å²) in [5.41, 5.74) is 2.71. The molecule has 2 unspecified atom stereocenters. The van der Waals surface area contributed by atoms with Gasteiger partial charge in [-0.25, -0.2) is 0 Å². The van der Waals surface area contributed by atoms with Gasteiger partial charge in [0.2, 0.25) is 0 Å². The van der Waals surface area contributed by atoms with Crippen molar-refractivity contribution in [3.05, 3.63) is 42.0 Å². The van der Waals surface area contributed by atoms with Crippen molar-refractivity contribution in [3.63, 3.8) is 0 Å². The molecule has 2 aliphatic rings. The van der Waals surface area contributed by atoms with E-state index in [1.807, 2.05) is 0 Å². The number of ether oxygens (including phenoxy) is 2. The van der Waals surface area contributed by atoms with Crippen molar-refractivity contribution in [3.8, 4) is 0 Å². The summed E-state index contributed by atoms with van der Waals surface area (Å²) in [6.45, 7) is 1.49. The van der Waals surface area contributed by atoms with Crippen molar-refractivity contribution in [2.75, 3.05) is 13.2 Å². The number of hydrogen-bond acceptors (Lipinski definition) is 2. The summed E-state index contributed by atoms with van der Waals surface area (Å²) >= 11 is 0. The summed E-state index contributed by atoms with van der Waals surface area (Å²) in [5, 5.41) is 0. The molecule has 1 aliphatic carbocycles. The lowest BCUT2D eigenvalue weighted by molar-refractivity contribution is -0.137. The minimum Gasteiger partial charge on any atom is -0.373 e. The molecule has 16 heavy (non-hydrogen) atoms. The molecule has 2 nitrogen and oxygen atoms in total. The largest absolute Gasteiger partial charge is 0.373 e. The van der Waals surface area contributed by atoms with Gasteiger partial charge in [0.15, 0.2) is 0 Å². The average molecular weight is 216 g/mol. The molecule has 0 spiro atoms. The van der Waals surface area contributed by atoms with E-state index in [4.69, 9.17) is 9.47 Å². The van der Waals surface area contributed by atoms with Gasteiger partial charge >= 0.3 is 0 Å². The van der Waals surface area contributed by atoms with Crippen LogP contribution in [0.2, 0.25) is 0 Å². The normalized spacial score (nSPS) is 29.4. The first kappa shape index (κ1) is 10.1. The third-order valence-corrected chi connectivity index (χ3v) is 3.32. The molecule has 0 saturated carbocycles. The summed E-state index contributed by atoms with van der Waals surface area (Å²) in [6, 6.07) is 10.5. The summed E-state index contributed by atoms with van der Waals surface area (Å²) < 4.78 is 11.5. The van der Waals surface area contributed by atoms with E-state index in [1.165, 1.54) is 11.1 Å². The van der Waals surface area contributed by atoms with Crippen LogP contribution in [0.1, 0.15) is 18.4 Å². The van der Waals surface area contributed by atoms with Crippen LogP contribution in [-0.4, -0.2) is 25.4 Å². The van der Waals surface area contributed by atoms with Crippen LogP contribution in [-0.2, 0) is 9.47 Å². The maximum absolute atomic E-state index is 5.77. The lowest BCUT2D eigenvalue weighted by Gasteiger charge is -2.35. The van der Waals surface area contributed by atoms with Crippen LogP contribution < -0.4 is 0 Å². The molecule has 84 valence electrons. The first-order chi connectivity index (χ1) is 7.93. The van der Waals surface area contributed by atoms with E-state index in [9.17, 15) is 0 Å². The van der Waals surface area contributed by atoms with Gasteiger partial charge in [0, 0.05) is 6.42 Å². The van der Waals surface area contributed by atoms with Gasteiger partial charge in [0.05, 0.1) is 25.4 Å². The molecule has 0 amide bonds. The second-order valence-corrected chi connectivity index (χ2v) is 4.35. The van der Waals surface area contributed by atoms with Crippen LogP contribution in [0.3, 0.4) is 0 Å². The Hall–Kier alpha value is -1.12. The fourth-order valence-corrected chi connectivity index (χ4v) is 2.47. The zero-order valence-corrected chi connectivity index (χ0v) is 9.26. The monoisotopic (exact) mass is 216 g/mol. The van der Waals surface area contributed by atoms with Gasteiger partial charge in [-0.05, 0) is 17.6 Å². The van der Waals surface area contributed by atoms with E-state index in [2.05, 4.69) is 36.4 Å². The van der Waals surface area contributed by atoms with Gasteiger partial charge in [-0.15, -0.1) is 0 Å². The Balaban J connectivity index is 1.81. The summed E-state index contributed by atoms with van der Waals surface area (Å²) in [4.78, 5) is 0. The maximum Gasteiger partial charge on any atom is 0.0881 e. The lowest BCUT2D eigenvalue weighted by Crippen LogP contribution is -2.39. The molecule has 2 atom stereocenters. The molecule has 0 N–H and O–H groups in total. The molecule has 1 aromatic carbocycles. The molecular formula is C14H16O2. The molecular weight excluding hydrogens is 200 g/mol. The maximum atomic E-state index is 5.77. The van der Waals surface area contributed by atoms with E-state index in [0.717, 1.165) is 26.1 Å². The van der Waals surface area contributed by atoms with Gasteiger partial charge in [-0.3, -0.25) is 0 Å². The van der Waals surface area contributed by atoms with Crippen molar-refractivity contribution < 1.29 is 9.47 Å². The number of hydrogen-bond donors (Lipinski definition) is 0. The van der Waals surface area contributed by atoms with Gasteiger partial charge in [0.25, 0.3) is 0 Å². The van der Waals surface area contributed by atoms with E-state index in [-0.39, 0.29) is 12.2 Å². The molecule has 0 aromatic heterocycles. The summed E-state index contributed by atoms with van der Waals surface area (Å²) in [6.07, 6.45) is 4.80. The van der Waals surface area contributed by atoms with Crippen LogP contribution in [0.15, 0.2) is 36.4 Å². The summed E-state index contributed by atoms with van der Waals surface area (Å²) in [7, 11) is 0. The van der Waals surface area contributed by atoms with Crippen LogP contribution in [0.5, 0.6) is 0 Å². The van der Waals surface area contributed by atoms with Crippen molar-refractivity contribution >= 4 is 5.57 Å². The molecule has 1 aromatic rings. The SMILES string of the molecule is C1=C(c2ccccc2)CC2OCCOC2C1. The van der Waals surface area contributed by atoms with Crippen LogP contribution in [0, 0.1) is 0 Å². The van der Waals surface area contributed by atoms with Gasteiger partial charge in [-0.1, -0.05) is 36.4 Å². The highest BCUT2D eigenvalue weighted by Crippen LogP contribution is 2.31. The van der Waals surface area contributed by atoms with Crippen LogP contribution in [0.4, 0.5) is 0 Å². The first-order valence-corrected chi connectivity index (χ1v) is 5.91. The predicted molar refractivity (Wildman–Crippen MR) is 63.1 cm³/mol. The molecule has 3 rings (SSSR count). The fraction of sp³-hybridized carbons (Fsp3) is 0.429. The van der Waals surface area contributed by atoms with Crippen LogP contribution >= 0.6 is 0 Å². The van der Waals surface area contributed by atoms with E-state index in [1.54, 1.807) is 0 Å². The van der Waals surface area contributed by atoms with E-state index >= 15 is 0 Å². The smallest absolute Gasteiger partial charge is 0.0881 e. The molecule has 0 radical (unpaired) electrons. The Kier molecular flexibility index (Phi) is 2.77. The Morgan fingerprint density at radius 2 is 1.69 bits per heavy atom. The van der Waals surface area contributed by atoms with Gasteiger partial charge < -0.3 is 9.47 Å². The van der Waals surface area contributed by atoms with Crippen LogP contribution in [0.25, 0.3) is 5.57 Å². The minimum absolute atomic E-state index is 0.258. The predicted octanol–water partition coefficient (Wildman–Crippen LogP) is 2.65. The quantitative estimate of drug-likeness (QED) is 0.718. The Labute approximate surface area is 95.9 Å². The zero-order valence-electron chi connectivity index (χ0n) is 9.26. The second-order valence-electron chi connectivity index (χ2n) is 4.35. The topological polar surface area (TPSA) is 18.5 Å². The van der Waals surface area contributed by atoms with Crippen molar-refractivity contribution in [1.82, 2.24) is 0 Å². The molecule has 1 aliphatic heterocycles. The van der Waals surface area contributed by atoms with E-state index in [0.29, 0.717) is 0 Å². The van der Waals surface area contributed by atoms with E-state index < -0.39 is 0 Å². The highest BCUT2D eigenvalue weighted by molar-refractivity contribution is 5.66. The van der Waals surface area contributed by atoms with Crippen molar-refractivity contribution in [2.24, 2.45) is 0 Å².